The summed E-state index contributed by atoms with van der Waals surface area (Å²) in [7, 11) is 0. The summed E-state index contributed by atoms with van der Waals surface area (Å²) in [6.07, 6.45) is 7.05. The predicted molar refractivity (Wildman–Crippen MR) is 135 cm³/mol. The zero-order valence-electron chi connectivity index (χ0n) is 19.0. The normalized spacial score (nSPS) is 15.9. The molecule has 0 spiro atoms. The third kappa shape index (κ3) is 4.45. The summed E-state index contributed by atoms with van der Waals surface area (Å²) < 4.78 is 4.79. The Bertz CT molecular complexity index is 1350. The molecule has 0 radical (unpaired) electrons. The molecule has 0 fully saturated rings. The first-order valence-corrected chi connectivity index (χ1v) is 11.8. The van der Waals surface area contributed by atoms with Crippen LogP contribution in [0.1, 0.15) is 23.1 Å². The summed E-state index contributed by atoms with van der Waals surface area (Å²) in [5, 5.41) is 4.99. The average Bonchev–Trinajstić information content (AvgIpc) is 3.16. The number of nitrogens with zero attached hydrogens (tertiary/aromatic N) is 4. The largest absolute Gasteiger partial charge is 0.313 e. The zero-order valence-corrected chi connectivity index (χ0v) is 19.8. The minimum absolute atomic E-state index is 0.714. The highest BCUT2D eigenvalue weighted by atomic mass is 32.1. The maximum atomic E-state index is 5.97. The van der Waals surface area contributed by atoms with Crippen molar-refractivity contribution >= 4 is 17.8 Å². The molecule has 5 nitrogen and oxygen atoms in total. The van der Waals surface area contributed by atoms with Gasteiger partial charge in [-0.15, -0.1) is 5.10 Å². The Kier molecular flexibility index (Phi) is 6.03. The van der Waals surface area contributed by atoms with Crippen molar-refractivity contribution in [3.05, 3.63) is 101 Å². The number of quaternary nitrogens is 1. The van der Waals surface area contributed by atoms with Crippen LogP contribution >= 0.6 is 12.2 Å². The molecule has 2 aromatic carbocycles. The van der Waals surface area contributed by atoms with Crippen LogP contribution in [0.5, 0.6) is 0 Å². The second kappa shape index (κ2) is 9.25. The van der Waals surface area contributed by atoms with Crippen LogP contribution in [0.25, 0.3) is 22.6 Å². The van der Waals surface area contributed by atoms with Crippen molar-refractivity contribution in [3.63, 3.8) is 0 Å². The number of pyridine rings is 1. The fraction of sp³-hybridized carbons (Fsp3) is 0.222. The highest BCUT2D eigenvalue weighted by molar-refractivity contribution is 7.71. The van der Waals surface area contributed by atoms with Gasteiger partial charge in [0.2, 0.25) is 4.77 Å². The summed E-state index contributed by atoms with van der Waals surface area (Å²) in [5.41, 5.74) is 7.19. The molecule has 2 aromatic heterocycles. The molecular weight excluding hydrogens is 426 g/mol. The van der Waals surface area contributed by atoms with Gasteiger partial charge in [0.15, 0.2) is 12.5 Å². The lowest BCUT2D eigenvalue weighted by molar-refractivity contribution is -0.918. The highest BCUT2D eigenvalue weighted by Crippen LogP contribution is 2.25. The van der Waals surface area contributed by atoms with Crippen LogP contribution < -0.4 is 4.90 Å². The number of hydrogen-bond donors (Lipinski definition) is 1. The van der Waals surface area contributed by atoms with Gasteiger partial charge in [-0.3, -0.25) is 9.55 Å². The van der Waals surface area contributed by atoms with Crippen LogP contribution in [-0.2, 0) is 6.67 Å². The first-order chi connectivity index (χ1) is 16.1. The number of nitrogens with one attached hydrogen (secondary N) is 1. The predicted octanol–water partition coefficient (Wildman–Crippen LogP) is 4.41. The molecule has 3 heterocycles. The molecule has 0 bridgehead atoms. The van der Waals surface area contributed by atoms with E-state index < -0.39 is 0 Å². The van der Waals surface area contributed by atoms with Crippen molar-refractivity contribution in [2.24, 2.45) is 0 Å². The number of aryl methyl sites for hydroxylation is 2. The lowest BCUT2D eigenvalue weighted by Crippen LogP contribution is -3.11. The van der Waals surface area contributed by atoms with E-state index in [-0.39, 0.29) is 0 Å². The molecule has 0 aliphatic carbocycles. The van der Waals surface area contributed by atoms with Crippen molar-refractivity contribution in [1.29, 1.82) is 0 Å². The quantitative estimate of drug-likeness (QED) is 0.454. The van der Waals surface area contributed by atoms with Gasteiger partial charge in [0, 0.05) is 24.4 Å². The molecule has 1 atom stereocenters. The van der Waals surface area contributed by atoms with Gasteiger partial charge in [-0.1, -0.05) is 48.0 Å². The summed E-state index contributed by atoms with van der Waals surface area (Å²) in [4.78, 5) is 5.77. The molecule has 1 aliphatic heterocycles. The molecular formula is C27H28N5S+. The summed E-state index contributed by atoms with van der Waals surface area (Å²) in [6, 6.07) is 21.1. The van der Waals surface area contributed by atoms with Crippen molar-refractivity contribution in [2.75, 3.05) is 13.1 Å². The Labute approximate surface area is 199 Å². The van der Waals surface area contributed by atoms with Crippen molar-refractivity contribution in [1.82, 2.24) is 19.3 Å². The maximum Gasteiger partial charge on any atom is 0.207 e. The van der Waals surface area contributed by atoms with E-state index in [1.165, 1.54) is 27.2 Å². The molecule has 5 rings (SSSR count). The van der Waals surface area contributed by atoms with Crippen LogP contribution in [-0.4, -0.2) is 32.4 Å². The average molecular weight is 455 g/mol. The minimum Gasteiger partial charge on any atom is -0.313 e. The number of benzene rings is 2. The Hall–Kier alpha value is -3.35. The first kappa shape index (κ1) is 21.5. The highest BCUT2D eigenvalue weighted by Gasteiger charge is 2.21. The molecule has 4 aromatic rings. The van der Waals surface area contributed by atoms with Crippen LogP contribution in [0, 0.1) is 18.6 Å². The smallest absolute Gasteiger partial charge is 0.207 e. The van der Waals surface area contributed by atoms with Gasteiger partial charge < -0.3 is 4.90 Å². The number of aromatic nitrogens is 4. The van der Waals surface area contributed by atoms with Crippen LogP contribution in [0.4, 0.5) is 0 Å². The van der Waals surface area contributed by atoms with Crippen molar-refractivity contribution in [3.8, 4) is 17.1 Å². The number of hydrogen-bond acceptors (Lipinski definition) is 3. The fourth-order valence-electron chi connectivity index (χ4n) is 4.52. The van der Waals surface area contributed by atoms with E-state index in [0.717, 1.165) is 43.3 Å². The second-order valence-corrected chi connectivity index (χ2v) is 9.05. The van der Waals surface area contributed by atoms with E-state index in [2.05, 4.69) is 78.0 Å². The van der Waals surface area contributed by atoms with Gasteiger partial charge in [0.1, 0.15) is 0 Å². The van der Waals surface area contributed by atoms with Crippen molar-refractivity contribution < 1.29 is 4.90 Å². The monoisotopic (exact) mass is 454 g/mol. The van der Waals surface area contributed by atoms with E-state index in [1.807, 2.05) is 23.0 Å². The number of rotatable bonds is 5. The lowest BCUT2D eigenvalue weighted by Gasteiger charge is -2.23. The molecule has 33 heavy (non-hydrogen) atoms. The van der Waals surface area contributed by atoms with E-state index in [0.29, 0.717) is 4.77 Å². The zero-order chi connectivity index (χ0) is 22.8. The molecule has 1 unspecified atom stereocenters. The molecule has 1 N–H and O–H groups in total. The van der Waals surface area contributed by atoms with Crippen LogP contribution in [0.3, 0.4) is 0 Å². The third-order valence-electron chi connectivity index (χ3n) is 6.26. The Morgan fingerprint density at radius 3 is 2.52 bits per heavy atom. The van der Waals surface area contributed by atoms with Gasteiger partial charge in [-0.25, -0.2) is 0 Å². The molecule has 0 saturated heterocycles. The molecule has 166 valence electrons. The third-order valence-corrected chi connectivity index (χ3v) is 6.65. The van der Waals surface area contributed by atoms with Gasteiger partial charge in [0.05, 0.1) is 18.8 Å². The topological polar surface area (TPSA) is 40.1 Å². The molecule has 0 amide bonds. The van der Waals surface area contributed by atoms with Gasteiger partial charge in [-0.2, -0.15) is 4.68 Å². The summed E-state index contributed by atoms with van der Waals surface area (Å²) in [6.45, 7) is 6.99. The standard InChI is InChI=1S/C27H27N5S/c1-20-10-11-25(21(2)17-20)32-26(24-9-6-14-28-18-24)29-31(27(32)33)19-30-15-12-23(13-16-30)22-7-4-3-5-8-22/h3-12,14,17-18H,13,15-16,19H2,1-2H3/p+1. The van der Waals surface area contributed by atoms with Gasteiger partial charge >= 0.3 is 0 Å². The second-order valence-electron chi connectivity index (χ2n) is 8.68. The molecule has 1 aliphatic rings. The van der Waals surface area contributed by atoms with Gasteiger partial charge in [-0.05, 0) is 67.0 Å². The van der Waals surface area contributed by atoms with E-state index >= 15 is 0 Å². The molecule has 0 saturated carbocycles. The van der Waals surface area contributed by atoms with E-state index in [4.69, 9.17) is 17.3 Å². The fourth-order valence-corrected chi connectivity index (χ4v) is 4.81. The van der Waals surface area contributed by atoms with Gasteiger partial charge in [0.25, 0.3) is 0 Å². The van der Waals surface area contributed by atoms with Crippen molar-refractivity contribution in [2.45, 2.75) is 26.9 Å². The van der Waals surface area contributed by atoms with E-state index in [9.17, 15) is 0 Å². The first-order valence-electron chi connectivity index (χ1n) is 11.4. The Balaban J connectivity index is 1.48. The summed E-state index contributed by atoms with van der Waals surface area (Å²) >= 11 is 5.97. The lowest BCUT2D eigenvalue weighted by atomic mass is 10.00. The van der Waals surface area contributed by atoms with E-state index in [1.54, 1.807) is 6.20 Å². The van der Waals surface area contributed by atoms with Crippen LogP contribution in [0.2, 0.25) is 0 Å². The van der Waals surface area contributed by atoms with Crippen LogP contribution in [0.15, 0.2) is 79.1 Å². The SMILES string of the molecule is Cc1ccc(-n2c(-c3cccnc3)nn(C[NH+]3CC=C(c4ccccc4)CC3)c2=S)c(C)c1. The molecule has 6 heteroatoms. The summed E-state index contributed by atoms with van der Waals surface area (Å²) in [5.74, 6) is 0.831. The Morgan fingerprint density at radius 2 is 1.82 bits per heavy atom. The minimum atomic E-state index is 0.714. The maximum absolute atomic E-state index is 5.97. The Morgan fingerprint density at radius 1 is 1.00 bits per heavy atom.